The number of carbonyl (C=O) groups is 1. The average Bonchev–Trinajstić information content (AvgIpc) is 2.94. The maximum Gasteiger partial charge on any atom is 0.303 e. The molecule has 0 aromatic carbocycles. The smallest absolute Gasteiger partial charge is 0.303 e. The van der Waals surface area contributed by atoms with E-state index in [0.717, 1.165) is 31.4 Å². The maximum absolute atomic E-state index is 11.5. The van der Waals surface area contributed by atoms with Crippen LogP contribution in [0.25, 0.3) is 0 Å². The van der Waals surface area contributed by atoms with Crippen LogP contribution < -0.4 is 0 Å². The summed E-state index contributed by atoms with van der Waals surface area (Å²) in [5.74, 6) is 0.945. The summed E-state index contributed by atoms with van der Waals surface area (Å²) >= 11 is 0. The third-order valence-electron chi connectivity index (χ3n) is 4.35. The standard InChI is InChI=1S/C15H24O4S/c1-20(18)10-12-11(13-8-9-14(12)19-13)6-4-2-3-5-7-15(16)17/h2,4,11-14H,3,5-10H2,1H3,(H,16,17)/b4-2-/t11-,12+,13-,14+,20?/m1/s1. The van der Waals surface area contributed by atoms with E-state index in [0.29, 0.717) is 30.5 Å². The van der Waals surface area contributed by atoms with E-state index in [9.17, 15) is 9.00 Å². The number of unbranched alkanes of at least 4 members (excludes halogenated alkanes) is 1. The van der Waals surface area contributed by atoms with Gasteiger partial charge < -0.3 is 9.84 Å². The number of fused-ring (bicyclic) bond motifs is 2. The van der Waals surface area contributed by atoms with E-state index in [1.54, 1.807) is 6.26 Å². The maximum atomic E-state index is 11.5. The average molecular weight is 300 g/mol. The second kappa shape index (κ2) is 7.36. The van der Waals surface area contributed by atoms with Crippen molar-refractivity contribution in [2.45, 2.75) is 50.7 Å². The summed E-state index contributed by atoms with van der Waals surface area (Å²) in [5, 5.41) is 8.56. The number of hydrogen-bond donors (Lipinski definition) is 1. The molecule has 0 radical (unpaired) electrons. The summed E-state index contributed by atoms with van der Waals surface area (Å²) in [6.07, 6.45) is 11.6. The first-order valence-electron chi connectivity index (χ1n) is 7.40. The molecular weight excluding hydrogens is 276 g/mol. The molecule has 0 aromatic heterocycles. The van der Waals surface area contributed by atoms with Crippen LogP contribution in [0.4, 0.5) is 0 Å². The molecule has 0 spiro atoms. The first-order valence-corrected chi connectivity index (χ1v) is 9.13. The SMILES string of the molecule is CS(=O)C[C@H]1[C@@H](C/C=C\CCCC(=O)O)[C@H]2CC[C@@H]1O2. The predicted octanol–water partition coefficient (Wildman–Crippen LogP) is 2.36. The second-order valence-corrected chi connectivity index (χ2v) is 7.33. The molecule has 1 N–H and O–H groups in total. The number of ether oxygens (including phenoxy) is 1. The van der Waals surface area contributed by atoms with Crippen LogP contribution in [-0.4, -0.2) is 39.5 Å². The number of carboxylic acids is 1. The first-order chi connectivity index (χ1) is 9.58. The van der Waals surface area contributed by atoms with Crippen LogP contribution in [0, 0.1) is 11.8 Å². The van der Waals surface area contributed by atoms with E-state index < -0.39 is 16.8 Å². The molecule has 2 bridgehead atoms. The number of hydrogen-bond acceptors (Lipinski definition) is 3. The van der Waals surface area contributed by atoms with Gasteiger partial charge in [0.1, 0.15) is 0 Å². The fourth-order valence-electron chi connectivity index (χ4n) is 3.44. The molecule has 4 nitrogen and oxygen atoms in total. The highest BCUT2D eigenvalue weighted by Gasteiger charge is 2.48. The van der Waals surface area contributed by atoms with E-state index in [1.165, 1.54) is 0 Å². The quantitative estimate of drug-likeness (QED) is 0.552. The number of carboxylic acid groups (broad SMARTS) is 1. The van der Waals surface area contributed by atoms with Crippen LogP contribution in [0.15, 0.2) is 12.2 Å². The summed E-state index contributed by atoms with van der Waals surface area (Å²) in [6, 6.07) is 0. The zero-order valence-corrected chi connectivity index (χ0v) is 12.8. The molecule has 2 rings (SSSR count). The molecule has 20 heavy (non-hydrogen) atoms. The van der Waals surface area contributed by atoms with Crippen LogP contribution >= 0.6 is 0 Å². The molecule has 0 aliphatic carbocycles. The van der Waals surface area contributed by atoms with Gasteiger partial charge in [0.2, 0.25) is 0 Å². The van der Waals surface area contributed by atoms with E-state index in [1.807, 2.05) is 0 Å². The van der Waals surface area contributed by atoms with Gasteiger partial charge in [-0.25, -0.2) is 0 Å². The van der Waals surface area contributed by atoms with Gasteiger partial charge in [0.05, 0.1) is 12.2 Å². The van der Waals surface area contributed by atoms with Gasteiger partial charge >= 0.3 is 5.97 Å². The van der Waals surface area contributed by atoms with Crippen molar-refractivity contribution in [3.63, 3.8) is 0 Å². The van der Waals surface area contributed by atoms with Gasteiger partial charge in [0.25, 0.3) is 0 Å². The van der Waals surface area contributed by atoms with Crippen molar-refractivity contribution in [3.05, 3.63) is 12.2 Å². The van der Waals surface area contributed by atoms with Gasteiger partial charge in [-0.2, -0.15) is 0 Å². The predicted molar refractivity (Wildman–Crippen MR) is 79.1 cm³/mol. The Bertz CT molecular complexity index is 393. The molecule has 1 unspecified atom stereocenters. The summed E-state index contributed by atoms with van der Waals surface area (Å²) in [4.78, 5) is 10.4. The molecular formula is C15H24O4S. The van der Waals surface area contributed by atoms with Gasteiger partial charge in [-0.3, -0.25) is 9.00 Å². The molecule has 5 heteroatoms. The van der Waals surface area contributed by atoms with Gasteiger partial charge in [-0.05, 0) is 38.0 Å². The van der Waals surface area contributed by atoms with Crippen molar-refractivity contribution < 1.29 is 18.8 Å². The number of aliphatic carboxylic acids is 1. The Morgan fingerprint density at radius 2 is 2.00 bits per heavy atom. The Balaban J connectivity index is 1.77. The second-order valence-electron chi connectivity index (χ2n) is 5.85. The molecule has 2 aliphatic rings. The van der Waals surface area contributed by atoms with Gasteiger partial charge in [0.15, 0.2) is 0 Å². The zero-order chi connectivity index (χ0) is 14.5. The van der Waals surface area contributed by atoms with Crippen molar-refractivity contribution in [2.24, 2.45) is 11.8 Å². The van der Waals surface area contributed by atoms with Crippen LogP contribution in [-0.2, 0) is 20.3 Å². The van der Waals surface area contributed by atoms with Crippen LogP contribution in [0.1, 0.15) is 38.5 Å². The van der Waals surface area contributed by atoms with E-state index in [-0.39, 0.29) is 6.42 Å². The zero-order valence-electron chi connectivity index (χ0n) is 12.0. The van der Waals surface area contributed by atoms with Crippen molar-refractivity contribution >= 4 is 16.8 Å². The van der Waals surface area contributed by atoms with Gasteiger partial charge in [-0.15, -0.1) is 0 Å². The minimum absolute atomic E-state index is 0.235. The minimum Gasteiger partial charge on any atom is -0.481 e. The summed E-state index contributed by atoms with van der Waals surface area (Å²) in [7, 11) is -0.763. The topological polar surface area (TPSA) is 63.6 Å². The van der Waals surface area contributed by atoms with Gasteiger partial charge in [-0.1, -0.05) is 12.2 Å². The van der Waals surface area contributed by atoms with Gasteiger partial charge in [0, 0.05) is 35.1 Å². The lowest BCUT2D eigenvalue weighted by molar-refractivity contribution is -0.137. The van der Waals surface area contributed by atoms with Crippen LogP contribution in [0.3, 0.4) is 0 Å². The monoisotopic (exact) mass is 300 g/mol. The molecule has 2 saturated heterocycles. The fraction of sp³-hybridized carbons (Fsp3) is 0.800. The largest absolute Gasteiger partial charge is 0.481 e. The lowest BCUT2D eigenvalue weighted by Gasteiger charge is -2.26. The van der Waals surface area contributed by atoms with E-state index >= 15 is 0 Å². The summed E-state index contributed by atoms with van der Waals surface area (Å²) < 4.78 is 17.4. The molecule has 0 aromatic rings. The molecule has 114 valence electrons. The first kappa shape index (κ1) is 15.7. The Kier molecular flexibility index (Phi) is 5.78. The molecule has 0 saturated carbocycles. The van der Waals surface area contributed by atoms with Crippen molar-refractivity contribution in [1.82, 2.24) is 0 Å². The van der Waals surface area contributed by atoms with E-state index in [4.69, 9.17) is 9.84 Å². The van der Waals surface area contributed by atoms with Crippen molar-refractivity contribution in [1.29, 1.82) is 0 Å². The van der Waals surface area contributed by atoms with Crippen LogP contribution in [0.2, 0.25) is 0 Å². The molecule has 0 amide bonds. The highest BCUT2D eigenvalue weighted by molar-refractivity contribution is 7.84. The summed E-state index contributed by atoms with van der Waals surface area (Å²) in [5.41, 5.74) is 0. The van der Waals surface area contributed by atoms with Crippen molar-refractivity contribution in [2.75, 3.05) is 12.0 Å². The Morgan fingerprint density at radius 3 is 2.65 bits per heavy atom. The number of allylic oxidation sites excluding steroid dienone is 2. The molecule has 2 fully saturated rings. The fourth-order valence-corrected chi connectivity index (χ4v) is 4.45. The molecule has 2 heterocycles. The number of rotatable bonds is 8. The molecule has 5 atom stereocenters. The third kappa shape index (κ3) is 4.16. The highest BCUT2D eigenvalue weighted by Crippen LogP contribution is 2.45. The summed E-state index contributed by atoms with van der Waals surface area (Å²) in [6.45, 7) is 0. The lowest BCUT2D eigenvalue weighted by Crippen LogP contribution is -2.30. The normalized spacial score (nSPS) is 33.9. The molecule has 2 aliphatic heterocycles. The van der Waals surface area contributed by atoms with Crippen LogP contribution in [0.5, 0.6) is 0 Å². The Morgan fingerprint density at radius 1 is 1.30 bits per heavy atom. The highest BCUT2D eigenvalue weighted by atomic mass is 32.2. The minimum atomic E-state index is -0.763. The Labute approximate surface area is 123 Å². The lowest BCUT2D eigenvalue weighted by atomic mass is 9.78. The van der Waals surface area contributed by atoms with Crippen molar-refractivity contribution in [3.8, 4) is 0 Å². The Hall–Kier alpha value is -0.680. The third-order valence-corrected chi connectivity index (χ3v) is 5.21. The van der Waals surface area contributed by atoms with E-state index in [2.05, 4.69) is 12.2 Å².